The number of hydrogen-bond donors (Lipinski definition) is 4. The van der Waals surface area contributed by atoms with E-state index >= 15 is 0 Å². The van der Waals surface area contributed by atoms with Gasteiger partial charge in [-0.1, -0.05) is 11.6 Å². The molecule has 4 rings (SSSR count). The van der Waals surface area contributed by atoms with Crippen LogP contribution in [0.2, 0.25) is 5.02 Å². The molecule has 0 saturated heterocycles. The zero-order valence-electron chi connectivity index (χ0n) is 17.3. The highest BCUT2D eigenvalue weighted by Crippen LogP contribution is 2.39. The summed E-state index contributed by atoms with van der Waals surface area (Å²) in [7, 11) is 0. The summed E-state index contributed by atoms with van der Waals surface area (Å²) in [5.41, 5.74) is 7.21. The number of amides is 2. The van der Waals surface area contributed by atoms with Crippen LogP contribution >= 0.6 is 22.9 Å². The van der Waals surface area contributed by atoms with E-state index in [1.807, 2.05) is 0 Å². The molecule has 2 aromatic carbocycles. The van der Waals surface area contributed by atoms with E-state index in [1.54, 1.807) is 24.3 Å². The third-order valence-electron chi connectivity index (χ3n) is 4.74. The molecule has 0 bridgehead atoms. The van der Waals surface area contributed by atoms with Gasteiger partial charge in [-0.2, -0.15) is 0 Å². The first kappa shape index (κ1) is 23.7. The van der Waals surface area contributed by atoms with Gasteiger partial charge >= 0.3 is 6.36 Å². The summed E-state index contributed by atoms with van der Waals surface area (Å²) < 4.78 is 40.8. The monoisotopic (exact) mass is 510 g/mol. The van der Waals surface area contributed by atoms with Crippen LogP contribution in [0.5, 0.6) is 5.75 Å². The van der Waals surface area contributed by atoms with Gasteiger partial charge in [-0.25, -0.2) is 0 Å². The molecule has 1 aliphatic carbocycles. The number of nitrogen functional groups attached to an aromatic ring is 1. The number of carbonyl (C=O) groups excluding carboxylic acids is 2. The minimum atomic E-state index is -4.82. The first-order chi connectivity index (χ1) is 16.1. The Bertz CT molecular complexity index is 1210. The summed E-state index contributed by atoms with van der Waals surface area (Å²) >= 11 is 6.91. The number of nitrogens with one attached hydrogen (secondary N) is 3. The zero-order valence-corrected chi connectivity index (χ0v) is 18.9. The first-order valence-corrected chi connectivity index (χ1v) is 11.2. The second kappa shape index (κ2) is 9.43. The number of carbonyl (C=O) groups is 2. The Hall–Kier alpha value is -3.44. The number of rotatable bonds is 7. The van der Waals surface area contributed by atoms with E-state index in [1.165, 1.54) is 12.1 Å². The number of alkyl halides is 3. The highest BCUT2D eigenvalue weighted by atomic mass is 35.5. The summed E-state index contributed by atoms with van der Waals surface area (Å²) in [5, 5.41) is 9.44. The van der Waals surface area contributed by atoms with Crippen molar-refractivity contribution in [3.8, 4) is 5.75 Å². The number of benzene rings is 2. The highest BCUT2D eigenvalue weighted by molar-refractivity contribution is 7.19. The van der Waals surface area contributed by atoms with Crippen molar-refractivity contribution in [1.29, 1.82) is 0 Å². The molecule has 0 unspecified atom stereocenters. The van der Waals surface area contributed by atoms with E-state index in [4.69, 9.17) is 17.3 Å². The molecule has 1 aromatic heterocycles. The van der Waals surface area contributed by atoms with Crippen LogP contribution in [-0.2, 0) is 0 Å². The van der Waals surface area contributed by atoms with Gasteiger partial charge in [-0.3, -0.25) is 9.59 Å². The molecule has 1 heterocycles. The Morgan fingerprint density at radius 3 is 2.21 bits per heavy atom. The maximum Gasteiger partial charge on any atom is 0.573 e. The van der Waals surface area contributed by atoms with Gasteiger partial charge in [-0.05, 0) is 61.4 Å². The van der Waals surface area contributed by atoms with Crippen LogP contribution in [0.25, 0.3) is 0 Å². The number of halogens is 4. The van der Waals surface area contributed by atoms with E-state index in [-0.39, 0.29) is 27.9 Å². The lowest BCUT2D eigenvalue weighted by Gasteiger charge is -2.10. The summed E-state index contributed by atoms with van der Waals surface area (Å²) in [5.74, 6) is -1.44. The molecule has 1 saturated carbocycles. The zero-order chi connectivity index (χ0) is 24.5. The Morgan fingerprint density at radius 2 is 1.62 bits per heavy atom. The molecule has 5 N–H and O–H groups in total. The third-order valence-corrected chi connectivity index (χ3v) is 6.11. The van der Waals surface area contributed by atoms with Gasteiger partial charge in [0, 0.05) is 22.4 Å². The summed E-state index contributed by atoms with van der Waals surface area (Å²) in [6.45, 7) is 0. The largest absolute Gasteiger partial charge is 0.573 e. The topological polar surface area (TPSA) is 105 Å². The van der Waals surface area contributed by atoms with Crippen molar-refractivity contribution < 1.29 is 27.5 Å². The Balaban J connectivity index is 1.57. The van der Waals surface area contributed by atoms with Gasteiger partial charge in [0.05, 0.1) is 11.3 Å². The van der Waals surface area contributed by atoms with Crippen molar-refractivity contribution in [3.63, 3.8) is 0 Å². The minimum Gasteiger partial charge on any atom is -0.406 e. The second-order valence-corrected chi connectivity index (χ2v) is 8.91. The fourth-order valence-corrected chi connectivity index (χ4v) is 4.16. The van der Waals surface area contributed by atoms with Crippen LogP contribution in [0.3, 0.4) is 0 Å². The number of nitrogens with two attached hydrogens (primary N) is 1. The molecule has 178 valence electrons. The highest BCUT2D eigenvalue weighted by Gasteiger charge is 2.32. The van der Waals surface area contributed by atoms with E-state index in [0.29, 0.717) is 15.7 Å². The Labute approximate surface area is 201 Å². The lowest BCUT2D eigenvalue weighted by Crippen LogP contribution is -2.26. The lowest BCUT2D eigenvalue weighted by atomic mass is 10.2. The van der Waals surface area contributed by atoms with Crippen LogP contribution in [-0.4, -0.2) is 24.2 Å². The quantitative estimate of drug-likeness (QED) is 0.323. The molecule has 0 radical (unpaired) electrons. The number of hydrogen-bond acceptors (Lipinski definition) is 6. The fourth-order valence-electron chi connectivity index (χ4n) is 3.00. The molecule has 7 nitrogen and oxygen atoms in total. The van der Waals surface area contributed by atoms with Crippen molar-refractivity contribution in [2.24, 2.45) is 0 Å². The van der Waals surface area contributed by atoms with Crippen molar-refractivity contribution >= 4 is 56.8 Å². The number of thiophene rings is 1. The van der Waals surface area contributed by atoms with Crippen LogP contribution in [0.4, 0.5) is 35.2 Å². The standard InChI is InChI=1S/C22H18ClF3N4O3S/c23-11-1-3-14(4-2-11)30-21-16(19(31)28-12-5-6-12)17(27)18(34-21)20(32)29-13-7-9-15(10-8-13)33-22(24,25)26/h1-4,7-10,12,30H,5-6,27H2,(H,28,31)(H,29,32). The maximum atomic E-state index is 12.9. The molecule has 1 aliphatic rings. The van der Waals surface area contributed by atoms with Crippen molar-refractivity contribution in [1.82, 2.24) is 5.32 Å². The van der Waals surface area contributed by atoms with E-state index in [2.05, 4.69) is 20.7 Å². The SMILES string of the molecule is Nc1c(C(=O)Nc2ccc(OC(F)(F)F)cc2)sc(Nc2ccc(Cl)cc2)c1C(=O)NC1CC1. The van der Waals surface area contributed by atoms with Gasteiger partial charge in [0.2, 0.25) is 0 Å². The van der Waals surface area contributed by atoms with Gasteiger partial charge in [0.25, 0.3) is 11.8 Å². The molecule has 2 amide bonds. The van der Waals surface area contributed by atoms with Crippen LogP contribution in [0.15, 0.2) is 48.5 Å². The van der Waals surface area contributed by atoms with Crippen LogP contribution < -0.4 is 26.4 Å². The maximum absolute atomic E-state index is 12.9. The molecular weight excluding hydrogens is 493 g/mol. The average Bonchev–Trinajstić information content (AvgIpc) is 3.51. The molecule has 0 aliphatic heterocycles. The molecule has 34 heavy (non-hydrogen) atoms. The normalized spacial score (nSPS) is 13.3. The van der Waals surface area contributed by atoms with Crippen molar-refractivity contribution in [2.45, 2.75) is 25.2 Å². The molecule has 1 fully saturated rings. The first-order valence-electron chi connectivity index (χ1n) is 10.0. The van der Waals surface area contributed by atoms with Gasteiger partial charge < -0.3 is 26.4 Å². The fraction of sp³-hybridized carbons (Fsp3) is 0.182. The summed E-state index contributed by atoms with van der Waals surface area (Å²) in [6, 6.07) is 11.5. The van der Waals surface area contributed by atoms with Crippen molar-refractivity contribution in [2.75, 3.05) is 16.4 Å². The minimum absolute atomic E-state index is 0.00543. The predicted octanol–water partition coefficient (Wildman–Crippen LogP) is 5.77. The smallest absolute Gasteiger partial charge is 0.406 e. The van der Waals surface area contributed by atoms with Gasteiger partial charge in [0.1, 0.15) is 15.6 Å². The van der Waals surface area contributed by atoms with Gasteiger partial charge in [-0.15, -0.1) is 24.5 Å². The molecule has 0 spiro atoms. The van der Waals surface area contributed by atoms with E-state index < -0.39 is 23.9 Å². The average molecular weight is 511 g/mol. The molecule has 3 aromatic rings. The second-order valence-electron chi connectivity index (χ2n) is 7.45. The summed E-state index contributed by atoms with van der Waals surface area (Å²) in [4.78, 5) is 25.8. The molecule has 12 heteroatoms. The van der Waals surface area contributed by atoms with Crippen molar-refractivity contribution in [3.05, 3.63) is 64.0 Å². The van der Waals surface area contributed by atoms with Gasteiger partial charge in [0.15, 0.2) is 0 Å². The third kappa shape index (κ3) is 5.91. The molecular formula is C22H18ClF3N4O3S. The number of ether oxygens (including phenoxy) is 1. The lowest BCUT2D eigenvalue weighted by molar-refractivity contribution is -0.274. The summed E-state index contributed by atoms with van der Waals surface area (Å²) in [6.07, 6.45) is -3.07. The van der Waals surface area contributed by atoms with E-state index in [9.17, 15) is 22.8 Å². The van der Waals surface area contributed by atoms with Crippen LogP contribution in [0, 0.1) is 0 Å². The Kier molecular flexibility index (Phi) is 6.58. The predicted molar refractivity (Wildman–Crippen MR) is 125 cm³/mol. The Morgan fingerprint density at radius 1 is 1.00 bits per heavy atom. The van der Waals surface area contributed by atoms with Crippen LogP contribution in [0.1, 0.15) is 32.9 Å². The van der Waals surface area contributed by atoms with E-state index in [0.717, 1.165) is 36.3 Å². The molecule has 0 atom stereocenters. The number of anilines is 4.